The summed E-state index contributed by atoms with van der Waals surface area (Å²) >= 11 is 0. The fraction of sp³-hybridized carbons (Fsp3) is 0.562. The number of likely N-dealkylation sites (tertiary alicyclic amines) is 1. The van der Waals surface area contributed by atoms with E-state index < -0.39 is 0 Å². The van der Waals surface area contributed by atoms with Crippen molar-refractivity contribution in [1.29, 1.82) is 0 Å². The number of carbonyl (C=O) groups excluding carboxylic acids is 2. The van der Waals surface area contributed by atoms with E-state index in [1.54, 1.807) is 30.3 Å². The maximum absolute atomic E-state index is 12.4. The van der Waals surface area contributed by atoms with Crippen LogP contribution in [0.1, 0.15) is 13.8 Å². The number of amides is 2. The van der Waals surface area contributed by atoms with E-state index in [1.807, 2.05) is 13.8 Å². The standard InChI is InChI=1S/C16H23N3O4/c1-11-9-19(10-12(2)14(11)20)16(21)18-13-5-4-6-17-15(13)23-8-7-22-3/h4-6,11-12H,7-10H2,1-3H3,(H,18,21)/t11-,12-/m1/s1. The molecule has 1 fully saturated rings. The minimum atomic E-state index is -0.249. The van der Waals surface area contributed by atoms with E-state index in [-0.39, 0.29) is 23.7 Å². The van der Waals surface area contributed by atoms with Crippen LogP contribution in [-0.4, -0.2) is 55.1 Å². The van der Waals surface area contributed by atoms with Crippen LogP contribution in [0.2, 0.25) is 0 Å². The lowest BCUT2D eigenvalue weighted by Gasteiger charge is -2.33. The van der Waals surface area contributed by atoms with Crippen LogP contribution < -0.4 is 10.1 Å². The average Bonchev–Trinajstić information content (AvgIpc) is 2.54. The largest absolute Gasteiger partial charge is 0.474 e. The van der Waals surface area contributed by atoms with Crippen molar-refractivity contribution in [2.24, 2.45) is 11.8 Å². The molecule has 1 aliphatic heterocycles. The highest BCUT2D eigenvalue weighted by Crippen LogP contribution is 2.23. The molecule has 0 spiro atoms. The van der Waals surface area contributed by atoms with Crippen molar-refractivity contribution in [3.05, 3.63) is 18.3 Å². The van der Waals surface area contributed by atoms with Gasteiger partial charge in [-0.05, 0) is 12.1 Å². The molecule has 126 valence electrons. The highest BCUT2D eigenvalue weighted by molar-refractivity contribution is 5.93. The number of anilines is 1. The maximum Gasteiger partial charge on any atom is 0.322 e. The van der Waals surface area contributed by atoms with Gasteiger partial charge in [0.2, 0.25) is 5.88 Å². The molecular weight excluding hydrogens is 298 g/mol. The van der Waals surface area contributed by atoms with Crippen molar-refractivity contribution in [3.8, 4) is 5.88 Å². The number of hydrogen-bond acceptors (Lipinski definition) is 5. The summed E-state index contributed by atoms with van der Waals surface area (Å²) in [5, 5.41) is 2.81. The summed E-state index contributed by atoms with van der Waals surface area (Å²) in [6, 6.07) is 3.21. The monoisotopic (exact) mass is 321 g/mol. The normalized spacial score (nSPS) is 21.2. The molecule has 1 aromatic rings. The second-order valence-electron chi connectivity index (χ2n) is 5.74. The molecule has 0 radical (unpaired) electrons. The first kappa shape index (κ1) is 17.2. The number of hydrogen-bond donors (Lipinski definition) is 1. The van der Waals surface area contributed by atoms with Gasteiger partial charge in [-0.25, -0.2) is 9.78 Å². The summed E-state index contributed by atoms with van der Waals surface area (Å²) in [7, 11) is 1.59. The number of ether oxygens (including phenoxy) is 2. The quantitative estimate of drug-likeness (QED) is 0.836. The SMILES string of the molecule is COCCOc1ncccc1NC(=O)N1C[C@@H](C)C(=O)[C@H](C)C1. The van der Waals surface area contributed by atoms with Gasteiger partial charge in [-0.3, -0.25) is 4.79 Å². The molecule has 2 rings (SSSR count). The smallest absolute Gasteiger partial charge is 0.322 e. The van der Waals surface area contributed by atoms with Crippen LogP contribution in [0.5, 0.6) is 5.88 Å². The molecule has 2 amide bonds. The fourth-order valence-corrected chi connectivity index (χ4v) is 2.58. The Bertz CT molecular complexity index is 550. The van der Waals surface area contributed by atoms with Crippen molar-refractivity contribution in [3.63, 3.8) is 0 Å². The molecule has 2 heterocycles. The van der Waals surface area contributed by atoms with E-state index in [1.165, 1.54) is 0 Å². The minimum Gasteiger partial charge on any atom is -0.474 e. The van der Waals surface area contributed by atoms with Crippen LogP contribution in [0.3, 0.4) is 0 Å². The molecule has 1 saturated heterocycles. The van der Waals surface area contributed by atoms with Gasteiger partial charge in [0, 0.05) is 38.2 Å². The Labute approximate surface area is 136 Å². The molecule has 1 aromatic heterocycles. The summed E-state index contributed by atoms with van der Waals surface area (Å²) in [6.45, 7) is 5.34. The van der Waals surface area contributed by atoms with Crippen LogP contribution in [0.15, 0.2) is 18.3 Å². The van der Waals surface area contributed by atoms with Crippen molar-refractivity contribution in [2.75, 3.05) is 38.7 Å². The predicted molar refractivity (Wildman–Crippen MR) is 85.5 cm³/mol. The Kier molecular flexibility index (Phi) is 5.92. The number of aromatic nitrogens is 1. The van der Waals surface area contributed by atoms with Crippen molar-refractivity contribution < 1.29 is 19.1 Å². The number of pyridine rings is 1. The molecule has 2 atom stereocenters. The van der Waals surface area contributed by atoms with Gasteiger partial charge in [0.05, 0.1) is 6.61 Å². The van der Waals surface area contributed by atoms with Gasteiger partial charge < -0.3 is 19.7 Å². The van der Waals surface area contributed by atoms with E-state index in [0.29, 0.717) is 37.9 Å². The molecule has 1 aliphatic rings. The van der Waals surface area contributed by atoms with Gasteiger partial charge in [0.15, 0.2) is 0 Å². The van der Waals surface area contributed by atoms with Crippen LogP contribution in [0.4, 0.5) is 10.5 Å². The molecule has 7 heteroatoms. The van der Waals surface area contributed by atoms with Crippen LogP contribution in [0, 0.1) is 11.8 Å². The summed E-state index contributed by atoms with van der Waals surface area (Å²) in [6.07, 6.45) is 1.60. The number of nitrogens with one attached hydrogen (secondary N) is 1. The first-order valence-corrected chi connectivity index (χ1v) is 7.69. The minimum absolute atomic E-state index is 0.143. The van der Waals surface area contributed by atoms with Gasteiger partial charge in [-0.2, -0.15) is 0 Å². The third kappa shape index (κ3) is 4.41. The summed E-state index contributed by atoms with van der Waals surface area (Å²) < 4.78 is 10.4. The van der Waals surface area contributed by atoms with E-state index >= 15 is 0 Å². The van der Waals surface area contributed by atoms with E-state index in [4.69, 9.17) is 9.47 Å². The number of ketones is 1. The molecule has 0 aliphatic carbocycles. The van der Waals surface area contributed by atoms with E-state index in [2.05, 4.69) is 10.3 Å². The lowest BCUT2D eigenvalue weighted by molar-refractivity contribution is -0.128. The zero-order valence-electron chi connectivity index (χ0n) is 13.7. The first-order valence-electron chi connectivity index (χ1n) is 7.69. The van der Waals surface area contributed by atoms with Crippen molar-refractivity contribution in [2.45, 2.75) is 13.8 Å². The van der Waals surface area contributed by atoms with Gasteiger partial charge in [0.25, 0.3) is 0 Å². The molecular formula is C16H23N3O4. The average molecular weight is 321 g/mol. The molecule has 0 aromatic carbocycles. The number of piperidine rings is 1. The Hall–Kier alpha value is -2.15. The fourth-order valence-electron chi connectivity index (χ4n) is 2.58. The molecule has 0 saturated carbocycles. The Morgan fingerprint density at radius 2 is 2.04 bits per heavy atom. The number of carbonyl (C=O) groups is 2. The molecule has 0 bridgehead atoms. The van der Waals surface area contributed by atoms with Crippen LogP contribution in [0.25, 0.3) is 0 Å². The van der Waals surface area contributed by atoms with Crippen LogP contribution >= 0.6 is 0 Å². The molecule has 23 heavy (non-hydrogen) atoms. The third-order valence-electron chi connectivity index (χ3n) is 3.79. The lowest BCUT2D eigenvalue weighted by Crippen LogP contribution is -2.49. The number of urea groups is 1. The number of rotatable bonds is 5. The Morgan fingerprint density at radius 3 is 2.70 bits per heavy atom. The second-order valence-corrected chi connectivity index (χ2v) is 5.74. The van der Waals surface area contributed by atoms with Crippen molar-refractivity contribution >= 4 is 17.5 Å². The third-order valence-corrected chi connectivity index (χ3v) is 3.79. The highest BCUT2D eigenvalue weighted by atomic mass is 16.5. The summed E-state index contributed by atoms with van der Waals surface area (Å²) in [5.41, 5.74) is 0.505. The van der Waals surface area contributed by atoms with E-state index in [0.717, 1.165) is 0 Å². The van der Waals surface area contributed by atoms with Crippen LogP contribution in [-0.2, 0) is 9.53 Å². The highest BCUT2D eigenvalue weighted by Gasteiger charge is 2.32. The predicted octanol–water partition coefficient (Wildman–Crippen LogP) is 1.80. The van der Waals surface area contributed by atoms with Gasteiger partial charge in [-0.1, -0.05) is 13.8 Å². The van der Waals surface area contributed by atoms with Gasteiger partial charge in [-0.15, -0.1) is 0 Å². The van der Waals surface area contributed by atoms with Crippen molar-refractivity contribution in [1.82, 2.24) is 9.88 Å². The van der Waals surface area contributed by atoms with E-state index in [9.17, 15) is 9.59 Å². The number of methoxy groups -OCH3 is 1. The summed E-state index contributed by atoms with van der Waals surface area (Å²) in [4.78, 5) is 30.1. The Balaban J connectivity index is 2.01. The van der Waals surface area contributed by atoms with Gasteiger partial charge >= 0.3 is 6.03 Å². The zero-order chi connectivity index (χ0) is 16.8. The summed E-state index contributed by atoms with van der Waals surface area (Å²) in [5.74, 6) is 0.276. The van der Waals surface area contributed by atoms with Gasteiger partial charge in [0.1, 0.15) is 18.1 Å². The number of Topliss-reactive ketones (excluding diaryl/α,β-unsaturated/α-hetero) is 1. The molecule has 0 unspecified atom stereocenters. The lowest BCUT2D eigenvalue weighted by atomic mass is 9.90. The topological polar surface area (TPSA) is 80.8 Å². The molecule has 1 N–H and O–H groups in total. The second kappa shape index (κ2) is 7.92. The Morgan fingerprint density at radius 1 is 1.35 bits per heavy atom. The molecule has 7 nitrogen and oxygen atoms in total. The zero-order valence-corrected chi connectivity index (χ0v) is 13.7. The first-order chi connectivity index (χ1) is 11.0. The number of nitrogens with zero attached hydrogens (tertiary/aromatic N) is 2. The maximum atomic E-state index is 12.4.